The molecule has 0 radical (unpaired) electrons. The SMILES string of the molecule is Cc1ccc(C2CC(=O)NC(=O)C2C(C)C)c(C)c1. The summed E-state index contributed by atoms with van der Waals surface area (Å²) >= 11 is 0. The molecule has 0 aromatic heterocycles. The number of aryl methyl sites for hydroxylation is 2. The average molecular weight is 259 g/mol. The fourth-order valence-corrected chi connectivity index (χ4v) is 3.09. The zero-order valence-corrected chi connectivity index (χ0v) is 12.0. The average Bonchev–Trinajstić information content (AvgIpc) is 2.26. The fraction of sp³-hybridized carbons (Fsp3) is 0.500. The van der Waals surface area contributed by atoms with Crippen molar-refractivity contribution in [2.24, 2.45) is 11.8 Å². The third kappa shape index (κ3) is 2.70. The highest BCUT2D eigenvalue weighted by atomic mass is 16.2. The van der Waals surface area contributed by atoms with Gasteiger partial charge in [-0.15, -0.1) is 0 Å². The number of nitrogens with one attached hydrogen (secondary N) is 1. The number of carbonyl (C=O) groups excluding carboxylic acids is 2. The molecule has 1 aromatic carbocycles. The van der Waals surface area contributed by atoms with Gasteiger partial charge in [-0.25, -0.2) is 0 Å². The first-order valence-electron chi connectivity index (χ1n) is 6.81. The molecule has 3 nitrogen and oxygen atoms in total. The molecule has 1 heterocycles. The molecule has 2 amide bonds. The highest BCUT2D eigenvalue weighted by molar-refractivity contribution is 6.00. The molecule has 1 aromatic rings. The number of benzene rings is 1. The van der Waals surface area contributed by atoms with Crippen LogP contribution in [0.1, 0.15) is 42.9 Å². The summed E-state index contributed by atoms with van der Waals surface area (Å²) in [4.78, 5) is 23.7. The van der Waals surface area contributed by atoms with Crippen LogP contribution in [-0.2, 0) is 9.59 Å². The number of piperidine rings is 1. The predicted octanol–water partition coefficient (Wildman–Crippen LogP) is 2.71. The first-order chi connectivity index (χ1) is 8.90. The molecule has 2 rings (SSSR count). The highest BCUT2D eigenvalue weighted by Gasteiger charge is 2.38. The number of hydrogen-bond acceptors (Lipinski definition) is 2. The van der Waals surface area contributed by atoms with Crippen LogP contribution in [0.25, 0.3) is 0 Å². The van der Waals surface area contributed by atoms with E-state index in [1.54, 1.807) is 0 Å². The van der Waals surface area contributed by atoms with E-state index >= 15 is 0 Å². The first kappa shape index (κ1) is 13.8. The van der Waals surface area contributed by atoms with Crippen molar-refractivity contribution in [2.45, 2.75) is 40.0 Å². The van der Waals surface area contributed by atoms with Crippen molar-refractivity contribution in [1.82, 2.24) is 5.32 Å². The van der Waals surface area contributed by atoms with Crippen molar-refractivity contribution >= 4 is 11.8 Å². The highest BCUT2D eigenvalue weighted by Crippen LogP contribution is 2.37. The molecule has 19 heavy (non-hydrogen) atoms. The molecule has 1 aliphatic heterocycles. The Bertz CT molecular complexity index is 519. The molecule has 0 spiro atoms. The van der Waals surface area contributed by atoms with Crippen molar-refractivity contribution in [1.29, 1.82) is 0 Å². The lowest BCUT2D eigenvalue weighted by Gasteiger charge is -2.33. The zero-order valence-electron chi connectivity index (χ0n) is 12.0. The molecule has 0 bridgehead atoms. The van der Waals surface area contributed by atoms with Crippen molar-refractivity contribution in [3.8, 4) is 0 Å². The largest absolute Gasteiger partial charge is 0.296 e. The standard InChI is InChI=1S/C16H21NO2/c1-9(2)15-13(8-14(18)17-16(15)19)12-6-5-10(3)7-11(12)4/h5-7,9,13,15H,8H2,1-4H3,(H,17,18,19). The maximum Gasteiger partial charge on any atom is 0.230 e. The van der Waals surface area contributed by atoms with E-state index in [2.05, 4.69) is 37.4 Å². The van der Waals surface area contributed by atoms with Crippen molar-refractivity contribution in [2.75, 3.05) is 0 Å². The van der Waals surface area contributed by atoms with Gasteiger partial charge in [-0.1, -0.05) is 37.6 Å². The van der Waals surface area contributed by atoms with Gasteiger partial charge in [-0.05, 0) is 30.9 Å². The van der Waals surface area contributed by atoms with Crippen molar-refractivity contribution in [3.63, 3.8) is 0 Å². The number of rotatable bonds is 2. The van der Waals surface area contributed by atoms with E-state index in [1.807, 2.05) is 13.8 Å². The van der Waals surface area contributed by atoms with Crippen LogP contribution in [-0.4, -0.2) is 11.8 Å². The minimum absolute atomic E-state index is 0.00171. The van der Waals surface area contributed by atoms with E-state index in [-0.39, 0.29) is 29.6 Å². The Labute approximate surface area is 114 Å². The minimum atomic E-state index is -0.160. The van der Waals surface area contributed by atoms with Gasteiger partial charge >= 0.3 is 0 Å². The summed E-state index contributed by atoms with van der Waals surface area (Å²) in [5.74, 6) is -0.192. The molecular formula is C16H21NO2. The minimum Gasteiger partial charge on any atom is -0.296 e. The van der Waals surface area contributed by atoms with Crippen LogP contribution in [0.15, 0.2) is 18.2 Å². The van der Waals surface area contributed by atoms with Gasteiger partial charge in [0.2, 0.25) is 11.8 Å². The van der Waals surface area contributed by atoms with Crippen LogP contribution >= 0.6 is 0 Å². The smallest absolute Gasteiger partial charge is 0.230 e. The van der Waals surface area contributed by atoms with Gasteiger partial charge in [0.05, 0.1) is 0 Å². The number of amides is 2. The third-order valence-electron chi connectivity index (χ3n) is 3.95. The summed E-state index contributed by atoms with van der Waals surface area (Å²) in [6.45, 7) is 8.18. The van der Waals surface area contributed by atoms with Crippen LogP contribution in [0.2, 0.25) is 0 Å². The Morgan fingerprint density at radius 2 is 1.89 bits per heavy atom. The molecule has 3 heteroatoms. The summed E-state index contributed by atoms with van der Waals surface area (Å²) in [7, 11) is 0. The second-order valence-electron chi connectivity index (χ2n) is 5.85. The molecule has 1 saturated heterocycles. The monoisotopic (exact) mass is 259 g/mol. The summed E-state index contributed by atoms with van der Waals surface area (Å²) in [5, 5.41) is 2.46. The van der Waals surface area contributed by atoms with Gasteiger partial charge in [0, 0.05) is 18.3 Å². The quantitative estimate of drug-likeness (QED) is 0.830. The van der Waals surface area contributed by atoms with Gasteiger partial charge in [0.1, 0.15) is 0 Å². The second kappa shape index (κ2) is 5.16. The van der Waals surface area contributed by atoms with E-state index in [0.717, 1.165) is 11.1 Å². The maximum atomic E-state index is 12.1. The molecule has 1 aliphatic rings. The van der Waals surface area contributed by atoms with Gasteiger partial charge < -0.3 is 0 Å². The Hall–Kier alpha value is -1.64. The van der Waals surface area contributed by atoms with Crippen LogP contribution in [0, 0.1) is 25.7 Å². The molecular weight excluding hydrogens is 238 g/mol. The van der Waals surface area contributed by atoms with E-state index in [4.69, 9.17) is 0 Å². The van der Waals surface area contributed by atoms with Crippen LogP contribution in [0.4, 0.5) is 0 Å². The maximum absolute atomic E-state index is 12.1. The number of imide groups is 1. The van der Waals surface area contributed by atoms with Gasteiger partial charge in [0.15, 0.2) is 0 Å². The van der Waals surface area contributed by atoms with Gasteiger partial charge in [0.25, 0.3) is 0 Å². The Morgan fingerprint density at radius 3 is 2.47 bits per heavy atom. The normalized spacial score (nSPS) is 23.6. The molecule has 1 N–H and O–H groups in total. The summed E-state index contributed by atoms with van der Waals surface area (Å²) in [5.41, 5.74) is 3.50. The molecule has 0 saturated carbocycles. The third-order valence-corrected chi connectivity index (χ3v) is 3.95. The first-order valence-corrected chi connectivity index (χ1v) is 6.81. The van der Waals surface area contributed by atoms with Crippen molar-refractivity contribution in [3.05, 3.63) is 34.9 Å². The summed E-state index contributed by atoms with van der Waals surface area (Å²) < 4.78 is 0. The lowest BCUT2D eigenvalue weighted by atomic mass is 9.73. The predicted molar refractivity (Wildman–Crippen MR) is 74.8 cm³/mol. The lowest BCUT2D eigenvalue weighted by molar-refractivity contribution is -0.138. The van der Waals surface area contributed by atoms with E-state index in [9.17, 15) is 9.59 Å². The van der Waals surface area contributed by atoms with Crippen LogP contribution < -0.4 is 5.32 Å². The Morgan fingerprint density at radius 1 is 1.21 bits per heavy atom. The van der Waals surface area contributed by atoms with Crippen molar-refractivity contribution < 1.29 is 9.59 Å². The van der Waals surface area contributed by atoms with Crippen LogP contribution in [0.3, 0.4) is 0 Å². The fourth-order valence-electron chi connectivity index (χ4n) is 3.09. The summed E-state index contributed by atoms with van der Waals surface area (Å²) in [6.07, 6.45) is 0.401. The van der Waals surface area contributed by atoms with Crippen LogP contribution in [0.5, 0.6) is 0 Å². The molecule has 1 fully saturated rings. The number of hydrogen-bond donors (Lipinski definition) is 1. The Kier molecular flexibility index (Phi) is 3.74. The van der Waals surface area contributed by atoms with Gasteiger partial charge in [-0.3, -0.25) is 14.9 Å². The van der Waals surface area contributed by atoms with E-state index in [1.165, 1.54) is 5.56 Å². The molecule has 0 aliphatic carbocycles. The van der Waals surface area contributed by atoms with E-state index < -0.39 is 0 Å². The topological polar surface area (TPSA) is 46.2 Å². The zero-order chi connectivity index (χ0) is 14.2. The lowest BCUT2D eigenvalue weighted by Crippen LogP contribution is -2.46. The second-order valence-corrected chi connectivity index (χ2v) is 5.85. The summed E-state index contributed by atoms with van der Waals surface area (Å²) in [6, 6.07) is 6.23. The molecule has 2 atom stereocenters. The van der Waals surface area contributed by atoms with Gasteiger partial charge in [-0.2, -0.15) is 0 Å². The van der Waals surface area contributed by atoms with E-state index in [0.29, 0.717) is 6.42 Å². The molecule has 102 valence electrons. The molecule has 2 unspecified atom stereocenters. The Balaban J connectivity index is 2.43. The number of carbonyl (C=O) groups is 2.